The summed E-state index contributed by atoms with van der Waals surface area (Å²) in [6, 6.07) is 3.84. The van der Waals surface area contributed by atoms with Crippen LogP contribution in [0.25, 0.3) is 0 Å². The van der Waals surface area contributed by atoms with Crippen LogP contribution in [0.1, 0.15) is 37.0 Å². The number of nitrogens with two attached hydrogens (primary N) is 1. The molecule has 2 N–H and O–H groups in total. The number of primary amides is 1. The third kappa shape index (κ3) is 4.50. The van der Waals surface area contributed by atoms with Gasteiger partial charge in [0.05, 0.1) is 10.6 Å². The minimum atomic E-state index is -3.82. The van der Waals surface area contributed by atoms with E-state index in [9.17, 15) is 18.0 Å². The van der Waals surface area contributed by atoms with Crippen LogP contribution in [0.5, 0.6) is 0 Å². The molecule has 0 saturated carbocycles. The average Bonchev–Trinajstić information content (AvgIpc) is 2.54. The minimum absolute atomic E-state index is 0.0128. The summed E-state index contributed by atoms with van der Waals surface area (Å²) >= 11 is 6.07. The number of carbonyl (C=O) groups excluding carboxylic acids is 2. The highest BCUT2D eigenvalue weighted by atomic mass is 35.5. The Labute approximate surface area is 152 Å². The standard InChI is InChI=1S/C16H21ClN2O5S/c1-10-4-3-7-19(9-10)25(22,23)14-8-12(5-6-13(14)17)16(21)24-11(2)15(18)20/h5-6,8,10-11H,3-4,7,9H2,1-2H3,(H2,18,20)/t10-,11-/m1/s1. The summed E-state index contributed by atoms with van der Waals surface area (Å²) in [6.45, 7) is 4.15. The molecule has 0 unspecified atom stereocenters. The Hall–Kier alpha value is -1.64. The molecule has 0 bridgehead atoms. The molecule has 1 amide bonds. The summed E-state index contributed by atoms with van der Waals surface area (Å²) in [4.78, 5) is 23.0. The van der Waals surface area contributed by atoms with Gasteiger partial charge in [-0.2, -0.15) is 4.31 Å². The lowest BCUT2D eigenvalue weighted by Crippen LogP contribution is -2.39. The second-order valence-electron chi connectivity index (χ2n) is 6.21. The van der Waals surface area contributed by atoms with Gasteiger partial charge in [-0.05, 0) is 43.9 Å². The molecule has 7 nitrogen and oxygen atoms in total. The maximum absolute atomic E-state index is 12.9. The van der Waals surface area contributed by atoms with E-state index in [1.165, 1.54) is 29.4 Å². The zero-order valence-electron chi connectivity index (χ0n) is 14.1. The van der Waals surface area contributed by atoms with Gasteiger partial charge in [0.25, 0.3) is 5.91 Å². The fourth-order valence-corrected chi connectivity index (χ4v) is 4.72. The predicted octanol–water partition coefficient (Wildman–Crippen LogP) is 1.79. The summed E-state index contributed by atoms with van der Waals surface area (Å²) in [6.07, 6.45) is 0.624. The Morgan fingerprint density at radius 3 is 2.68 bits per heavy atom. The molecule has 2 atom stereocenters. The summed E-state index contributed by atoms with van der Waals surface area (Å²) in [7, 11) is -3.82. The molecular formula is C16H21ClN2O5S. The van der Waals surface area contributed by atoms with Crippen LogP contribution < -0.4 is 5.73 Å². The number of hydrogen-bond donors (Lipinski definition) is 1. The van der Waals surface area contributed by atoms with Gasteiger partial charge >= 0.3 is 5.97 Å². The van der Waals surface area contributed by atoms with Crippen LogP contribution in [0.2, 0.25) is 5.02 Å². The number of halogens is 1. The minimum Gasteiger partial charge on any atom is -0.449 e. The lowest BCUT2D eigenvalue weighted by atomic mass is 10.0. The Morgan fingerprint density at radius 2 is 2.08 bits per heavy atom. The van der Waals surface area contributed by atoms with E-state index in [1.807, 2.05) is 6.92 Å². The Kier molecular flexibility index (Phi) is 6.08. The van der Waals surface area contributed by atoms with Crippen LogP contribution in [0, 0.1) is 5.92 Å². The maximum atomic E-state index is 12.9. The number of amides is 1. The van der Waals surface area contributed by atoms with Crippen molar-refractivity contribution in [3.8, 4) is 0 Å². The van der Waals surface area contributed by atoms with Crippen LogP contribution >= 0.6 is 11.6 Å². The van der Waals surface area contributed by atoms with Crippen molar-refractivity contribution in [2.75, 3.05) is 13.1 Å². The third-order valence-electron chi connectivity index (χ3n) is 4.09. The van der Waals surface area contributed by atoms with E-state index < -0.39 is 28.0 Å². The van der Waals surface area contributed by atoms with Gasteiger partial charge in [0.15, 0.2) is 6.10 Å². The van der Waals surface area contributed by atoms with Gasteiger partial charge < -0.3 is 10.5 Å². The molecule has 1 aromatic rings. The van der Waals surface area contributed by atoms with Gasteiger partial charge in [-0.3, -0.25) is 4.79 Å². The van der Waals surface area contributed by atoms with Crippen molar-refractivity contribution in [1.29, 1.82) is 0 Å². The number of piperidine rings is 1. The monoisotopic (exact) mass is 388 g/mol. The predicted molar refractivity (Wildman–Crippen MR) is 92.7 cm³/mol. The van der Waals surface area contributed by atoms with Crippen LogP contribution in [0.15, 0.2) is 23.1 Å². The topological polar surface area (TPSA) is 107 Å². The van der Waals surface area contributed by atoms with Gasteiger partial charge in [-0.25, -0.2) is 13.2 Å². The molecule has 1 saturated heterocycles. The lowest BCUT2D eigenvalue weighted by Gasteiger charge is -2.30. The highest BCUT2D eigenvalue weighted by Gasteiger charge is 2.31. The number of ether oxygens (including phenoxy) is 1. The van der Waals surface area contributed by atoms with E-state index >= 15 is 0 Å². The molecule has 1 aromatic carbocycles. The highest BCUT2D eigenvalue weighted by molar-refractivity contribution is 7.89. The Morgan fingerprint density at radius 1 is 1.40 bits per heavy atom. The number of sulfonamides is 1. The third-order valence-corrected chi connectivity index (χ3v) is 6.44. The first-order chi connectivity index (χ1) is 11.6. The summed E-state index contributed by atoms with van der Waals surface area (Å²) in [5.41, 5.74) is 5.04. The van der Waals surface area contributed by atoms with E-state index in [1.54, 1.807) is 0 Å². The van der Waals surface area contributed by atoms with Crippen molar-refractivity contribution >= 4 is 33.5 Å². The van der Waals surface area contributed by atoms with Crippen molar-refractivity contribution in [3.63, 3.8) is 0 Å². The van der Waals surface area contributed by atoms with E-state index in [0.717, 1.165) is 12.8 Å². The van der Waals surface area contributed by atoms with Crippen molar-refractivity contribution in [3.05, 3.63) is 28.8 Å². The number of esters is 1. The van der Waals surface area contributed by atoms with Crippen LogP contribution in [0.4, 0.5) is 0 Å². The first-order valence-electron chi connectivity index (χ1n) is 7.93. The second kappa shape index (κ2) is 7.72. The van der Waals surface area contributed by atoms with Gasteiger partial charge in [0.2, 0.25) is 10.0 Å². The largest absolute Gasteiger partial charge is 0.449 e. The molecule has 0 spiro atoms. The summed E-state index contributed by atoms with van der Waals surface area (Å²) in [5.74, 6) is -1.38. The summed E-state index contributed by atoms with van der Waals surface area (Å²) < 4.78 is 32.0. The number of carbonyl (C=O) groups is 2. The van der Waals surface area contributed by atoms with Crippen LogP contribution in [-0.2, 0) is 19.6 Å². The van der Waals surface area contributed by atoms with Gasteiger partial charge in [0.1, 0.15) is 4.90 Å². The van der Waals surface area contributed by atoms with E-state index in [-0.39, 0.29) is 21.4 Å². The number of rotatable bonds is 5. The van der Waals surface area contributed by atoms with Gasteiger partial charge in [-0.15, -0.1) is 0 Å². The molecule has 0 radical (unpaired) electrons. The number of benzene rings is 1. The number of hydrogen-bond acceptors (Lipinski definition) is 5. The SMILES string of the molecule is C[C@@H]1CCCN(S(=O)(=O)c2cc(C(=O)O[C@H](C)C(N)=O)ccc2Cl)C1. The van der Waals surface area contributed by atoms with E-state index in [0.29, 0.717) is 13.1 Å². The molecule has 9 heteroatoms. The highest BCUT2D eigenvalue weighted by Crippen LogP contribution is 2.29. The van der Waals surface area contributed by atoms with Crippen LogP contribution in [0.3, 0.4) is 0 Å². The molecule has 0 aromatic heterocycles. The van der Waals surface area contributed by atoms with E-state index in [4.69, 9.17) is 22.1 Å². The van der Waals surface area contributed by atoms with Gasteiger partial charge in [-0.1, -0.05) is 18.5 Å². The molecule has 1 aliphatic rings. The van der Waals surface area contributed by atoms with Crippen molar-refractivity contribution in [2.45, 2.75) is 37.7 Å². The van der Waals surface area contributed by atoms with Crippen molar-refractivity contribution in [1.82, 2.24) is 4.31 Å². The second-order valence-corrected chi connectivity index (χ2v) is 8.52. The molecule has 25 heavy (non-hydrogen) atoms. The van der Waals surface area contributed by atoms with Crippen molar-refractivity contribution < 1.29 is 22.7 Å². The quantitative estimate of drug-likeness (QED) is 0.774. The summed E-state index contributed by atoms with van der Waals surface area (Å²) in [5, 5.41) is 0.0257. The molecule has 0 aliphatic carbocycles. The smallest absolute Gasteiger partial charge is 0.338 e. The first-order valence-corrected chi connectivity index (χ1v) is 9.74. The fourth-order valence-electron chi connectivity index (χ4n) is 2.62. The van der Waals surface area contributed by atoms with Gasteiger partial charge in [0, 0.05) is 13.1 Å². The molecule has 1 fully saturated rings. The maximum Gasteiger partial charge on any atom is 0.338 e. The fraction of sp³-hybridized carbons (Fsp3) is 0.500. The molecule has 2 rings (SSSR count). The number of nitrogens with zero attached hydrogens (tertiary/aromatic N) is 1. The molecular weight excluding hydrogens is 368 g/mol. The lowest BCUT2D eigenvalue weighted by molar-refractivity contribution is -0.125. The molecule has 1 heterocycles. The molecule has 138 valence electrons. The zero-order chi connectivity index (χ0) is 18.8. The zero-order valence-corrected chi connectivity index (χ0v) is 15.6. The average molecular weight is 389 g/mol. The van der Waals surface area contributed by atoms with Crippen LogP contribution in [-0.4, -0.2) is 43.8 Å². The first kappa shape index (κ1) is 19.7. The normalized spacial score (nSPS) is 20.0. The Bertz CT molecular complexity index is 781. The van der Waals surface area contributed by atoms with E-state index in [2.05, 4.69) is 0 Å². The Balaban J connectivity index is 2.32. The molecule has 1 aliphatic heterocycles. The van der Waals surface area contributed by atoms with Crippen molar-refractivity contribution in [2.24, 2.45) is 11.7 Å².